The number of rotatable bonds is 7. The molecule has 0 fully saturated rings. The average molecular weight is 288 g/mol. The van der Waals surface area contributed by atoms with E-state index in [1.165, 1.54) is 6.07 Å². The summed E-state index contributed by atoms with van der Waals surface area (Å²) < 4.78 is 13.1. The van der Waals surface area contributed by atoms with Crippen LogP contribution in [-0.2, 0) is 11.3 Å². The Hall–Kier alpha value is -1.13. The number of hydrogen-bond acceptors (Lipinski definition) is 2. The Morgan fingerprint density at radius 2 is 2.16 bits per heavy atom. The van der Waals surface area contributed by atoms with Gasteiger partial charge >= 0.3 is 5.97 Å². The van der Waals surface area contributed by atoms with E-state index in [4.69, 9.17) is 16.7 Å². The molecule has 0 saturated carbocycles. The van der Waals surface area contributed by atoms with Gasteiger partial charge in [0.25, 0.3) is 0 Å². The molecule has 5 heteroatoms. The van der Waals surface area contributed by atoms with Gasteiger partial charge in [0.05, 0.1) is 5.02 Å². The summed E-state index contributed by atoms with van der Waals surface area (Å²) >= 11 is 5.75. The van der Waals surface area contributed by atoms with E-state index in [1.807, 2.05) is 13.8 Å². The van der Waals surface area contributed by atoms with E-state index >= 15 is 0 Å². The number of hydrogen-bond donors (Lipinski definition) is 1. The summed E-state index contributed by atoms with van der Waals surface area (Å²) in [5.74, 6) is -1.21. The third-order valence-electron chi connectivity index (χ3n) is 2.94. The summed E-state index contributed by atoms with van der Waals surface area (Å²) in [6.45, 7) is 5.42. The second kappa shape index (κ2) is 7.46. The molecule has 0 unspecified atom stereocenters. The first-order valence-corrected chi connectivity index (χ1v) is 6.67. The highest BCUT2D eigenvalue weighted by molar-refractivity contribution is 6.30. The molecule has 106 valence electrons. The molecule has 19 heavy (non-hydrogen) atoms. The van der Waals surface area contributed by atoms with E-state index in [2.05, 4.69) is 4.90 Å². The summed E-state index contributed by atoms with van der Waals surface area (Å²) in [6, 6.07) is 4.96. The standard InChI is InChI=1S/C14H19ClFNO2/c1-10(2)17(7-3-4-14(18)19)9-11-5-6-13(16)12(15)8-11/h5-6,8,10H,3-4,7,9H2,1-2H3,(H,18,19). The van der Waals surface area contributed by atoms with E-state index in [1.54, 1.807) is 12.1 Å². The zero-order valence-corrected chi connectivity index (χ0v) is 12.0. The number of nitrogens with zero attached hydrogens (tertiary/aromatic N) is 1. The van der Waals surface area contributed by atoms with Crippen molar-refractivity contribution in [2.75, 3.05) is 6.54 Å². The predicted molar refractivity (Wildman–Crippen MR) is 73.8 cm³/mol. The van der Waals surface area contributed by atoms with Gasteiger partial charge in [-0.1, -0.05) is 17.7 Å². The van der Waals surface area contributed by atoms with Crippen molar-refractivity contribution in [3.63, 3.8) is 0 Å². The van der Waals surface area contributed by atoms with Crippen molar-refractivity contribution in [2.45, 2.75) is 39.3 Å². The number of carboxylic acids is 1. The minimum Gasteiger partial charge on any atom is -0.481 e. The Labute approximate surface area is 118 Å². The zero-order valence-electron chi connectivity index (χ0n) is 11.2. The van der Waals surface area contributed by atoms with Crippen molar-refractivity contribution in [1.29, 1.82) is 0 Å². The lowest BCUT2D eigenvalue weighted by molar-refractivity contribution is -0.137. The fourth-order valence-electron chi connectivity index (χ4n) is 1.83. The van der Waals surface area contributed by atoms with Crippen molar-refractivity contribution >= 4 is 17.6 Å². The van der Waals surface area contributed by atoms with Gasteiger partial charge in [-0.3, -0.25) is 9.69 Å². The molecular formula is C14H19ClFNO2. The number of carboxylic acid groups (broad SMARTS) is 1. The van der Waals surface area contributed by atoms with Gasteiger partial charge in [0.2, 0.25) is 0 Å². The maximum atomic E-state index is 13.1. The largest absolute Gasteiger partial charge is 0.481 e. The first kappa shape index (κ1) is 15.9. The Morgan fingerprint density at radius 3 is 2.68 bits per heavy atom. The Morgan fingerprint density at radius 1 is 1.47 bits per heavy atom. The van der Waals surface area contributed by atoms with Crippen LogP contribution in [0.25, 0.3) is 0 Å². The molecule has 0 spiro atoms. The lowest BCUT2D eigenvalue weighted by Gasteiger charge is -2.26. The number of halogens is 2. The first-order chi connectivity index (χ1) is 8.90. The second-order valence-electron chi connectivity index (χ2n) is 4.81. The highest BCUT2D eigenvalue weighted by Gasteiger charge is 2.11. The summed E-state index contributed by atoms with van der Waals surface area (Å²) in [5.41, 5.74) is 0.926. The van der Waals surface area contributed by atoms with Crippen LogP contribution in [0.4, 0.5) is 4.39 Å². The van der Waals surface area contributed by atoms with Crippen LogP contribution in [0, 0.1) is 5.82 Å². The van der Waals surface area contributed by atoms with E-state index in [9.17, 15) is 9.18 Å². The molecular weight excluding hydrogens is 269 g/mol. The quantitative estimate of drug-likeness (QED) is 0.834. The summed E-state index contributed by atoms with van der Waals surface area (Å²) in [7, 11) is 0. The summed E-state index contributed by atoms with van der Waals surface area (Å²) in [4.78, 5) is 12.7. The number of carbonyl (C=O) groups is 1. The molecule has 0 atom stereocenters. The van der Waals surface area contributed by atoms with Crippen LogP contribution >= 0.6 is 11.6 Å². The SMILES string of the molecule is CC(C)N(CCCC(=O)O)Cc1ccc(F)c(Cl)c1. The molecule has 1 rings (SSSR count). The van der Waals surface area contributed by atoms with Crippen LogP contribution in [0.3, 0.4) is 0 Å². The average Bonchev–Trinajstić information content (AvgIpc) is 2.32. The molecule has 0 aliphatic carbocycles. The monoisotopic (exact) mass is 287 g/mol. The number of aliphatic carboxylic acids is 1. The van der Waals surface area contributed by atoms with Gasteiger partial charge in [0, 0.05) is 19.0 Å². The molecule has 0 amide bonds. The zero-order chi connectivity index (χ0) is 14.4. The molecule has 1 aromatic carbocycles. The molecule has 1 N–H and O–H groups in total. The highest BCUT2D eigenvalue weighted by Crippen LogP contribution is 2.18. The van der Waals surface area contributed by atoms with Gasteiger partial charge in [0.1, 0.15) is 5.82 Å². The van der Waals surface area contributed by atoms with Gasteiger partial charge < -0.3 is 5.11 Å². The van der Waals surface area contributed by atoms with E-state index < -0.39 is 11.8 Å². The molecule has 0 saturated heterocycles. The van der Waals surface area contributed by atoms with E-state index in [-0.39, 0.29) is 17.5 Å². The maximum absolute atomic E-state index is 13.1. The first-order valence-electron chi connectivity index (χ1n) is 6.30. The molecule has 1 aromatic rings. The van der Waals surface area contributed by atoms with Crippen molar-refractivity contribution in [2.24, 2.45) is 0 Å². The van der Waals surface area contributed by atoms with Crippen LogP contribution < -0.4 is 0 Å². The van der Waals surface area contributed by atoms with Crippen LogP contribution in [0.5, 0.6) is 0 Å². The fourth-order valence-corrected chi connectivity index (χ4v) is 2.03. The smallest absolute Gasteiger partial charge is 0.303 e. The summed E-state index contributed by atoms with van der Waals surface area (Å²) in [5, 5.41) is 8.76. The Balaban J connectivity index is 2.62. The fraction of sp³-hybridized carbons (Fsp3) is 0.500. The molecule has 3 nitrogen and oxygen atoms in total. The lowest BCUT2D eigenvalue weighted by atomic mass is 10.1. The Kier molecular flexibility index (Phi) is 6.25. The van der Waals surface area contributed by atoms with Gasteiger partial charge in [-0.05, 0) is 44.5 Å². The minimum absolute atomic E-state index is 0.117. The van der Waals surface area contributed by atoms with Crippen molar-refractivity contribution in [1.82, 2.24) is 4.90 Å². The van der Waals surface area contributed by atoms with Crippen LogP contribution in [0.2, 0.25) is 5.02 Å². The summed E-state index contributed by atoms with van der Waals surface area (Å²) in [6.07, 6.45) is 0.760. The second-order valence-corrected chi connectivity index (χ2v) is 5.22. The van der Waals surface area contributed by atoms with Crippen molar-refractivity contribution in [3.05, 3.63) is 34.6 Å². The molecule has 0 aromatic heterocycles. The van der Waals surface area contributed by atoms with E-state index in [0.29, 0.717) is 19.5 Å². The van der Waals surface area contributed by atoms with Crippen LogP contribution in [-0.4, -0.2) is 28.6 Å². The molecule has 0 radical (unpaired) electrons. The van der Waals surface area contributed by atoms with Crippen LogP contribution in [0.1, 0.15) is 32.3 Å². The molecule has 0 aliphatic heterocycles. The van der Waals surface area contributed by atoms with Crippen molar-refractivity contribution in [3.8, 4) is 0 Å². The van der Waals surface area contributed by atoms with Gasteiger partial charge in [0.15, 0.2) is 0 Å². The molecule has 0 heterocycles. The third kappa shape index (κ3) is 5.57. The third-order valence-corrected chi connectivity index (χ3v) is 3.23. The van der Waals surface area contributed by atoms with Gasteiger partial charge in [-0.2, -0.15) is 0 Å². The van der Waals surface area contributed by atoms with E-state index in [0.717, 1.165) is 5.56 Å². The van der Waals surface area contributed by atoms with Gasteiger partial charge in [-0.25, -0.2) is 4.39 Å². The van der Waals surface area contributed by atoms with Crippen molar-refractivity contribution < 1.29 is 14.3 Å². The van der Waals surface area contributed by atoms with Gasteiger partial charge in [-0.15, -0.1) is 0 Å². The minimum atomic E-state index is -0.784. The highest BCUT2D eigenvalue weighted by atomic mass is 35.5. The Bertz CT molecular complexity index is 437. The van der Waals surface area contributed by atoms with Crippen LogP contribution in [0.15, 0.2) is 18.2 Å². The number of benzene rings is 1. The predicted octanol–water partition coefficient (Wildman–Crippen LogP) is 3.55. The molecule has 0 aliphatic rings. The molecule has 0 bridgehead atoms. The topological polar surface area (TPSA) is 40.5 Å². The maximum Gasteiger partial charge on any atom is 0.303 e. The normalized spacial score (nSPS) is 11.3. The lowest BCUT2D eigenvalue weighted by Crippen LogP contribution is -2.31.